The zero-order valence-electron chi connectivity index (χ0n) is 13.3. The first kappa shape index (κ1) is 15.3. The monoisotopic (exact) mass is 344 g/mol. The lowest BCUT2D eigenvalue weighted by atomic mass is 10.1. The van der Waals surface area contributed by atoms with Crippen molar-refractivity contribution in [2.45, 2.75) is 31.7 Å². The van der Waals surface area contributed by atoms with Crippen molar-refractivity contribution < 1.29 is 19.3 Å². The highest BCUT2D eigenvalue weighted by Crippen LogP contribution is 2.39. The Bertz CT molecular complexity index is 886. The van der Waals surface area contributed by atoms with E-state index in [0.29, 0.717) is 18.7 Å². The Morgan fingerprint density at radius 1 is 1.46 bits per heavy atom. The van der Waals surface area contributed by atoms with Gasteiger partial charge in [0.25, 0.3) is 0 Å². The van der Waals surface area contributed by atoms with Gasteiger partial charge in [0.1, 0.15) is 11.2 Å². The number of rotatable bonds is 4. The van der Waals surface area contributed by atoms with Crippen molar-refractivity contribution in [2.75, 3.05) is 5.75 Å². The summed E-state index contributed by atoms with van der Waals surface area (Å²) < 4.78 is 4.16. The average molecular weight is 344 g/mol. The third kappa shape index (κ3) is 2.31. The van der Waals surface area contributed by atoms with E-state index in [9.17, 15) is 14.7 Å². The Morgan fingerprint density at radius 2 is 2.29 bits per heavy atom. The number of fused-ring (bicyclic) bond motifs is 2. The number of aliphatic carboxylic acids is 1. The highest BCUT2D eigenvalue weighted by molar-refractivity contribution is 8.00. The van der Waals surface area contributed by atoms with Crippen LogP contribution in [0.4, 0.5) is 0 Å². The molecular weight excluding hydrogens is 326 g/mol. The van der Waals surface area contributed by atoms with Crippen molar-refractivity contribution in [3.05, 3.63) is 47.7 Å². The summed E-state index contributed by atoms with van der Waals surface area (Å²) in [5, 5.41) is 9.59. The van der Waals surface area contributed by atoms with Crippen LogP contribution in [0.1, 0.15) is 19.0 Å². The molecule has 2 aromatic rings. The van der Waals surface area contributed by atoms with Gasteiger partial charge in [-0.1, -0.05) is 6.92 Å². The molecule has 2 aliphatic rings. The van der Waals surface area contributed by atoms with Gasteiger partial charge in [-0.2, -0.15) is 4.57 Å². The van der Waals surface area contributed by atoms with Gasteiger partial charge >= 0.3 is 5.97 Å². The fourth-order valence-corrected chi connectivity index (χ4v) is 4.65. The van der Waals surface area contributed by atoms with Crippen LogP contribution in [0, 0.1) is 0 Å². The number of carboxylic acids is 1. The maximum absolute atomic E-state index is 11.8. The van der Waals surface area contributed by atoms with Crippen LogP contribution in [-0.4, -0.2) is 37.4 Å². The number of thioether (sulfide) groups is 1. The third-order valence-corrected chi connectivity index (χ3v) is 5.85. The molecule has 1 atom stereocenters. The van der Waals surface area contributed by atoms with Crippen LogP contribution in [0.3, 0.4) is 0 Å². The first-order valence-electron chi connectivity index (χ1n) is 7.96. The van der Waals surface area contributed by atoms with Crippen LogP contribution in [-0.2, 0) is 22.6 Å². The molecule has 0 unspecified atom stereocenters. The topological polar surface area (TPSA) is 65.9 Å². The maximum Gasteiger partial charge on any atom is 0.352 e. The van der Waals surface area contributed by atoms with E-state index in [-0.39, 0.29) is 17.0 Å². The number of aromatic nitrogens is 2. The van der Waals surface area contributed by atoms with E-state index in [1.54, 1.807) is 11.8 Å². The van der Waals surface area contributed by atoms with E-state index in [1.165, 1.54) is 4.90 Å². The molecule has 2 aromatic heterocycles. The zero-order valence-corrected chi connectivity index (χ0v) is 14.1. The highest BCUT2D eigenvalue weighted by Gasteiger charge is 2.45. The maximum atomic E-state index is 11.8. The molecule has 0 aliphatic carbocycles. The van der Waals surface area contributed by atoms with E-state index >= 15 is 0 Å². The molecule has 124 valence electrons. The van der Waals surface area contributed by atoms with Crippen molar-refractivity contribution >= 4 is 29.2 Å². The molecule has 0 spiro atoms. The molecule has 1 fully saturated rings. The second kappa shape index (κ2) is 5.66. The predicted octanol–water partition coefficient (Wildman–Crippen LogP) is 1.43. The van der Waals surface area contributed by atoms with Crippen molar-refractivity contribution in [3.63, 3.8) is 0 Å². The Hall–Kier alpha value is -2.28. The Morgan fingerprint density at radius 3 is 3.00 bits per heavy atom. The minimum absolute atomic E-state index is 0.00309. The molecule has 0 radical (unpaired) electrons. The highest BCUT2D eigenvalue weighted by atomic mass is 32.2. The summed E-state index contributed by atoms with van der Waals surface area (Å²) in [6, 6.07) is 4.04. The van der Waals surface area contributed by atoms with Crippen molar-refractivity contribution in [1.29, 1.82) is 0 Å². The summed E-state index contributed by atoms with van der Waals surface area (Å²) in [7, 11) is 0. The van der Waals surface area contributed by atoms with Gasteiger partial charge in [-0.05, 0) is 18.6 Å². The van der Waals surface area contributed by atoms with Gasteiger partial charge in [0.05, 0.1) is 17.5 Å². The Labute approximate surface area is 143 Å². The summed E-state index contributed by atoms with van der Waals surface area (Å²) in [5.74, 6) is -0.455. The lowest BCUT2D eigenvalue weighted by Gasteiger charge is -2.43. The van der Waals surface area contributed by atoms with E-state index in [2.05, 4.69) is 11.3 Å². The number of nitrogens with zero attached hydrogens (tertiary/aromatic N) is 3. The van der Waals surface area contributed by atoms with Gasteiger partial charge < -0.3 is 9.51 Å². The van der Waals surface area contributed by atoms with Crippen LogP contribution in [0.2, 0.25) is 0 Å². The van der Waals surface area contributed by atoms with Crippen LogP contribution in [0.5, 0.6) is 0 Å². The first-order valence-corrected chi connectivity index (χ1v) is 9.01. The van der Waals surface area contributed by atoms with E-state index in [4.69, 9.17) is 0 Å². The van der Waals surface area contributed by atoms with Crippen molar-refractivity contribution in [2.24, 2.45) is 0 Å². The predicted molar refractivity (Wildman–Crippen MR) is 89.3 cm³/mol. The lowest BCUT2D eigenvalue weighted by Crippen LogP contribution is -2.54. The smallest absolute Gasteiger partial charge is 0.352 e. The van der Waals surface area contributed by atoms with Crippen LogP contribution in [0.15, 0.2) is 42.0 Å². The van der Waals surface area contributed by atoms with Crippen LogP contribution in [0.25, 0.3) is 5.52 Å². The molecule has 24 heavy (non-hydrogen) atoms. The second-order valence-corrected chi connectivity index (χ2v) is 7.24. The van der Waals surface area contributed by atoms with E-state index in [1.807, 2.05) is 35.3 Å². The van der Waals surface area contributed by atoms with Crippen LogP contribution < -0.4 is 4.57 Å². The molecule has 1 saturated heterocycles. The van der Waals surface area contributed by atoms with Crippen LogP contribution >= 0.6 is 11.8 Å². The summed E-state index contributed by atoms with van der Waals surface area (Å²) in [6.45, 7) is 2.58. The Balaban J connectivity index is 1.74. The molecule has 4 rings (SSSR count). The molecule has 2 aliphatic heterocycles. The number of carboxylic acid groups (broad SMARTS) is 1. The normalized spacial score (nSPS) is 20.3. The molecule has 0 aromatic carbocycles. The summed E-state index contributed by atoms with van der Waals surface area (Å²) >= 11 is 1.65. The standard InChI is InChI=1S/C17H17N3O3S/c1-2-12-8-18(9-13-4-3-5-19(12)13)7-11-10-24-15-6-14(21)20(15)16(11)17(22)23/h3-5,8-9,15H,2,6-7,10H2,1H3/p+1/t15-/m1/s1. The summed E-state index contributed by atoms with van der Waals surface area (Å²) in [4.78, 5) is 25.0. The van der Waals surface area contributed by atoms with Crippen molar-refractivity contribution in [3.8, 4) is 0 Å². The molecule has 1 N–H and O–H groups in total. The van der Waals surface area contributed by atoms with Gasteiger partial charge in [0, 0.05) is 17.5 Å². The van der Waals surface area contributed by atoms with Gasteiger partial charge in [0.15, 0.2) is 18.9 Å². The molecular formula is C17H18N3O3S+. The lowest BCUT2D eigenvalue weighted by molar-refractivity contribution is -0.688. The number of β-lactam (4-membered cyclic amide) rings is 1. The number of hydrogen-bond donors (Lipinski definition) is 1. The number of aryl methyl sites for hydroxylation is 1. The fourth-order valence-electron chi connectivity index (χ4n) is 3.39. The fraction of sp³-hybridized carbons (Fsp3) is 0.353. The minimum Gasteiger partial charge on any atom is -0.477 e. The average Bonchev–Trinajstić information content (AvgIpc) is 3.02. The number of carbonyl (C=O) groups is 2. The molecule has 1 amide bonds. The van der Waals surface area contributed by atoms with Gasteiger partial charge in [-0.25, -0.2) is 4.79 Å². The molecule has 0 bridgehead atoms. The SMILES string of the molecule is CCc1c[n+](CC2=C(C(=O)O)N3C(=O)C[C@H]3SC2)cc2cccn12. The number of carbonyl (C=O) groups excluding carboxylic acids is 1. The van der Waals surface area contributed by atoms with Gasteiger partial charge in [-0.15, -0.1) is 11.8 Å². The second-order valence-electron chi connectivity index (χ2n) is 6.07. The third-order valence-electron chi connectivity index (χ3n) is 4.57. The molecule has 7 heteroatoms. The molecule has 0 saturated carbocycles. The Kier molecular flexibility index (Phi) is 3.60. The first-order chi connectivity index (χ1) is 11.6. The van der Waals surface area contributed by atoms with E-state index in [0.717, 1.165) is 23.2 Å². The number of amides is 1. The molecule has 4 heterocycles. The quantitative estimate of drug-likeness (QED) is 0.673. The number of hydrogen-bond acceptors (Lipinski definition) is 3. The minimum atomic E-state index is -1.01. The zero-order chi connectivity index (χ0) is 16.8. The van der Waals surface area contributed by atoms with E-state index < -0.39 is 5.97 Å². The largest absolute Gasteiger partial charge is 0.477 e. The summed E-state index contributed by atoms with van der Waals surface area (Å²) in [6.07, 6.45) is 7.42. The van der Waals surface area contributed by atoms with Crippen molar-refractivity contribution in [1.82, 2.24) is 9.30 Å². The van der Waals surface area contributed by atoms with Gasteiger partial charge in [0.2, 0.25) is 5.91 Å². The molecule has 6 nitrogen and oxygen atoms in total. The summed E-state index contributed by atoms with van der Waals surface area (Å²) in [5.41, 5.74) is 3.21. The van der Waals surface area contributed by atoms with Gasteiger partial charge in [-0.3, -0.25) is 9.69 Å².